The van der Waals surface area contributed by atoms with Gasteiger partial charge in [-0.15, -0.1) is 0 Å². The molecule has 0 fully saturated rings. The van der Waals surface area contributed by atoms with Gasteiger partial charge in [-0.25, -0.2) is 0 Å². The lowest BCUT2D eigenvalue weighted by atomic mass is 10.1. The van der Waals surface area contributed by atoms with Crippen LogP contribution in [-0.2, 0) is 0 Å². The molecular weight excluding hydrogens is 252 g/mol. The Morgan fingerprint density at radius 1 is 1.05 bits per heavy atom. The van der Waals surface area contributed by atoms with Gasteiger partial charge in [-0.3, -0.25) is 4.79 Å². The minimum Gasteiger partial charge on any atom is -0.324 e. The van der Waals surface area contributed by atoms with Gasteiger partial charge in [0.05, 0.1) is 12.1 Å². The number of carbonyl (C=O) groups is 1. The zero-order chi connectivity index (χ0) is 14.4. The number of rotatable bonds is 4. The molecule has 1 heterocycles. The summed E-state index contributed by atoms with van der Waals surface area (Å²) < 4.78 is 1.93. The molecule has 0 aliphatic heterocycles. The maximum Gasteiger partial charge on any atom is 0.255 e. The van der Waals surface area contributed by atoms with Crippen molar-refractivity contribution in [2.24, 2.45) is 0 Å². The van der Waals surface area contributed by atoms with Gasteiger partial charge in [0.25, 0.3) is 5.91 Å². The topological polar surface area (TPSA) is 72.8 Å². The minimum atomic E-state index is -0.313. The molecule has 2 rings (SSSR count). The van der Waals surface area contributed by atoms with Crippen molar-refractivity contribution in [3.05, 3.63) is 54.4 Å². The minimum absolute atomic E-state index is 0.0915. The van der Waals surface area contributed by atoms with Crippen molar-refractivity contribution in [3.63, 3.8) is 0 Å². The van der Waals surface area contributed by atoms with E-state index in [4.69, 9.17) is 10.5 Å². The first kappa shape index (κ1) is 13.4. The van der Waals surface area contributed by atoms with Gasteiger partial charge in [0.2, 0.25) is 0 Å². The molecule has 1 aromatic carbocycles. The third-order valence-corrected chi connectivity index (χ3v) is 2.83. The summed E-state index contributed by atoms with van der Waals surface area (Å²) >= 11 is 0. The van der Waals surface area contributed by atoms with Gasteiger partial charge in [0, 0.05) is 23.6 Å². The van der Waals surface area contributed by atoms with E-state index in [9.17, 15) is 4.79 Å². The molecule has 0 aliphatic carbocycles. The number of nitriles is 2. The summed E-state index contributed by atoms with van der Waals surface area (Å²) in [5, 5.41) is 17.3. The smallest absolute Gasteiger partial charge is 0.255 e. The molecule has 98 valence electrons. The molecule has 0 bridgehead atoms. The number of nitrogens with zero attached hydrogens (tertiary/aromatic N) is 4. The molecule has 1 amide bonds. The van der Waals surface area contributed by atoms with E-state index in [1.165, 1.54) is 4.90 Å². The Morgan fingerprint density at radius 2 is 1.60 bits per heavy atom. The highest BCUT2D eigenvalue weighted by Crippen LogP contribution is 2.11. The molecule has 20 heavy (non-hydrogen) atoms. The van der Waals surface area contributed by atoms with Crippen LogP contribution < -0.4 is 0 Å². The normalized spacial score (nSPS) is 9.50. The summed E-state index contributed by atoms with van der Waals surface area (Å²) in [7, 11) is 0. The number of hydrogen-bond acceptors (Lipinski definition) is 3. The standard InChI is InChI=1S/C15H12N4O/c16-7-11-19(12-8-17)15(20)13-3-5-14(6-4-13)18-9-1-2-10-18/h1-6,9-10H,11-12H2. The molecule has 0 aliphatic rings. The van der Waals surface area contributed by atoms with Crippen LogP contribution in [0.1, 0.15) is 10.4 Å². The second-order valence-corrected chi connectivity index (χ2v) is 4.11. The Hall–Kier alpha value is -3.05. The van der Waals surface area contributed by atoms with Gasteiger partial charge in [0.15, 0.2) is 0 Å². The van der Waals surface area contributed by atoms with Crippen LogP contribution in [0.2, 0.25) is 0 Å². The molecule has 5 nitrogen and oxygen atoms in total. The summed E-state index contributed by atoms with van der Waals surface area (Å²) in [5.41, 5.74) is 1.41. The van der Waals surface area contributed by atoms with Gasteiger partial charge >= 0.3 is 0 Å². The lowest BCUT2D eigenvalue weighted by molar-refractivity contribution is 0.0794. The highest BCUT2D eigenvalue weighted by Gasteiger charge is 2.14. The molecule has 2 aromatic rings. The molecule has 5 heteroatoms. The maximum atomic E-state index is 12.1. The first-order valence-electron chi connectivity index (χ1n) is 6.03. The van der Waals surface area contributed by atoms with Crippen molar-refractivity contribution < 1.29 is 4.79 Å². The monoisotopic (exact) mass is 264 g/mol. The lowest BCUT2D eigenvalue weighted by Gasteiger charge is -2.15. The molecule has 0 spiro atoms. The summed E-state index contributed by atoms with van der Waals surface area (Å²) in [6.45, 7) is -0.183. The van der Waals surface area contributed by atoms with Crippen LogP contribution >= 0.6 is 0 Å². The van der Waals surface area contributed by atoms with Crippen LogP contribution in [0, 0.1) is 22.7 Å². The van der Waals surface area contributed by atoms with E-state index in [-0.39, 0.29) is 19.0 Å². The van der Waals surface area contributed by atoms with E-state index in [2.05, 4.69) is 0 Å². The van der Waals surface area contributed by atoms with Crippen molar-refractivity contribution in [2.75, 3.05) is 13.1 Å². The summed E-state index contributed by atoms with van der Waals surface area (Å²) in [5.74, 6) is -0.313. The third-order valence-electron chi connectivity index (χ3n) is 2.83. The molecule has 0 atom stereocenters. The molecule has 0 unspecified atom stereocenters. The maximum absolute atomic E-state index is 12.1. The Morgan fingerprint density at radius 3 is 2.10 bits per heavy atom. The highest BCUT2D eigenvalue weighted by molar-refractivity contribution is 5.94. The highest BCUT2D eigenvalue weighted by atomic mass is 16.2. The number of carbonyl (C=O) groups excluding carboxylic acids is 1. The van der Waals surface area contributed by atoms with Crippen LogP contribution in [0.25, 0.3) is 5.69 Å². The van der Waals surface area contributed by atoms with E-state index in [1.54, 1.807) is 12.1 Å². The SMILES string of the molecule is N#CCN(CC#N)C(=O)c1ccc(-n2cccc2)cc1. The number of hydrogen-bond donors (Lipinski definition) is 0. The van der Waals surface area contributed by atoms with Crippen molar-refractivity contribution in [1.29, 1.82) is 10.5 Å². The average molecular weight is 264 g/mol. The predicted molar refractivity (Wildman–Crippen MR) is 72.9 cm³/mol. The van der Waals surface area contributed by atoms with E-state index < -0.39 is 0 Å². The van der Waals surface area contributed by atoms with E-state index in [1.807, 2.05) is 53.4 Å². The largest absolute Gasteiger partial charge is 0.324 e. The predicted octanol–water partition coefficient (Wildman–Crippen LogP) is 1.97. The second-order valence-electron chi connectivity index (χ2n) is 4.11. The fraction of sp³-hybridized carbons (Fsp3) is 0.133. The van der Waals surface area contributed by atoms with Crippen LogP contribution in [0.5, 0.6) is 0 Å². The number of amides is 1. The molecule has 0 N–H and O–H groups in total. The lowest BCUT2D eigenvalue weighted by Crippen LogP contribution is -2.31. The second kappa shape index (κ2) is 6.21. The molecule has 0 saturated carbocycles. The zero-order valence-corrected chi connectivity index (χ0v) is 10.7. The Balaban J connectivity index is 2.19. The van der Waals surface area contributed by atoms with Crippen LogP contribution in [0.4, 0.5) is 0 Å². The number of aromatic nitrogens is 1. The first-order valence-corrected chi connectivity index (χ1v) is 6.03. The van der Waals surface area contributed by atoms with Crippen molar-refractivity contribution >= 4 is 5.91 Å². The van der Waals surface area contributed by atoms with Crippen LogP contribution in [0.3, 0.4) is 0 Å². The quantitative estimate of drug-likeness (QED) is 0.792. The van der Waals surface area contributed by atoms with Gasteiger partial charge in [-0.05, 0) is 36.4 Å². The van der Waals surface area contributed by atoms with Crippen molar-refractivity contribution in [2.45, 2.75) is 0 Å². The van der Waals surface area contributed by atoms with E-state index in [0.717, 1.165) is 5.69 Å². The fourth-order valence-electron chi connectivity index (χ4n) is 1.84. The van der Waals surface area contributed by atoms with E-state index in [0.29, 0.717) is 5.56 Å². The first-order chi connectivity index (χ1) is 9.76. The van der Waals surface area contributed by atoms with Crippen LogP contribution in [0.15, 0.2) is 48.8 Å². The van der Waals surface area contributed by atoms with Crippen LogP contribution in [-0.4, -0.2) is 28.5 Å². The van der Waals surface area contributed by atoms with E-state index >= 15 is 0 Å². The average Bonchev–Trinajstić information content (AvgIpc) is 3.01. The van der Waals surface area contributed by atoms with Gasteiger partial charge in [-0.2, -0.15) is 10.5 Å². The van der Waals surface area contributed by atoms with Crippen molar-refractivity contribution in [3.8, 4) is 17.8 Å². The summed E-state index contributed by atoms with van der Waals surface area (Å²) in [6.07, 6.45) is 3.82. The molecular formula is C15H12N4O. The fourth-order valence-corrected chi connectivity index (χ4v) is 1.84. The van der Waals surface area contributed by atoms with Crippen molar-refractivity contribution in [1.82, 2.24) is 9.47 Å². The Bertz CT molecular complexity index is 643. The van der Waals surface area contributed by atoms with Gasteiger partial charge < -0.3 is 9.47 Å². The Labute approximate surface area is 116 Å². The summed E-state index contributed by atoms with van der Waals surface area (Å²) in [4.78, 5) is 13.4. The Kier molecular flexibility index (Phi) is 4.16. The van der Waals surface area contributed by atoms with Gasteiger partial charge in [0.1, 0.15) is 13.1 Å². The zero-order valence-electron chi connectivity index (χ0n) is 10.7. The summed E-state index contributed by atoms with van der Waals surface area (Å²) in [6, 6.07) is 14.6. The molecule has 1 aromatic heterocycles. The molecule has 0 radical (unpaired) electrons. The third kappa shape index (κ3) is 2.85. The molecule has 0 saturated heterocycles. The number of benzene rings is 1. The van der Waals surface area contributed by atoms with Gasteiger partial charge in [-0.1, -0.05) is 0 Å².